The summed E-state index contributed by atoms with van der Waals surface area (Å²) in [5, 5.41) is 3.28. The molecule has 0 amide bonds. The van der Waals surface area contributed by atoms with Crippen LogP contribution in [0.25, 0.3) is 0 Å². The van der Waals surface area contributed by atoms with Gasteiger partial charge in [-0.25, -0.2) is 0 Å². The van der Waals surface area contributed by atoms with Gasteiger partial charge in [-0.1, -0.05) is 17.7 Å². The summed E-state index contributed by atoms with van der Waals surface area (Å²) in [5.74, 6) is -0.279. The van der Waals surface area contributed by atoms with E-state index in [9.17, 15) is 17.6 Å². The molecular weight excluding hydrogens is 324 g/mol. The van der Waals surface area contributed by atoms with Crippen molar-refractivity contribution in [3.63, 3.8) is 0 Å². The quantitative estimate of drug-likeness (QED) is 0.600. The third kappa shape index (κ3) is 4.95. The molecule has 3 nitrogen and oxygen atoms in total. The SMILES string of the molecule is C=C(C)C[C@@H](c1ccc(OC(F)(F)C(F)F)cc1)N1CCNCC1. The van der Waals surface area contributed by atoms with E-state index < -0.39 is 12.5 Å². The standard InChI is InChI=1S/C17H22F4N2O/c1-12(2)11-15(23-9-7-22-8-10-23)13-3-5-14(6-4-13)24-17(20,21)16(18)19/h3-6,15-16,22H,1,7-11H2,2H3/t15-/m0/s1. The average Bonchev–Trinajstić information content (AvgIpc) is 2.54. The topological polar surface area (TPSA) is 24.5 Å². The average molecular weight is 346 g/mol. The first-order valence-electron chi connectivity index (χ1n) is 7.83. The van der Waals surface area contributed by atoms with Crippen molar-refractivity contribution in [1.29, 1.82) is 0 Å². The van der Waals surface area contributed by atoms with E-state index in [0.717, 1.165) is 43.7 Å². The van der Waals surface area contributed by atoms with Crippen LogP contribution in [0.3, 0.4) is 0 Å². The Morgan fingerprint density at radius 2 is 1.83 bits per heavy atom. The highest BCUT2D eigenvalue weighted by molar-refractivity contribution is 5.30. The fourth-order valence-electron chi connectivity index (χ4n) is 2.74. The predicted molar refractivity (Wildman–Crippen MR) is 84.6 cm³/mol. The molecule has 0 unspecified atom stereocenters. The Bertz CT molecular complexity index is 542. The van der Waals surface area contributed by atoms with Crippen molar-refractivity contribution in [1.82, 2.24) is 10.2 Å². The minimum atomic E-state index is -4.49. The maximum absolute atomic E-state index is 13.0. The Morgan fingerprint density at radius 3 is 2.33 bits per heavy atom. The third-order valence-corrected chi connectivity index (χ3v) is 3.91. The summed E-state index contributed by atoms with van der Waals surface area (Å²) >= 11 is 0. The van der Waals surface area contributed by atoms with Crippen molar-refractivity contribution in [2.24, 2.45) is 0 Å². The molecule has 0 spiro atoms. The van der Waals surface area contributed by atoms with Crippen molar-refractivity contribution in [3.8, 4) is 5.75 Å². The van der Waals surface area contributed by atoms with E-state index in [2.05, 4.69) is 21.5 Å². The van der Waals surface area contributed by atoms with Crippen LogP contribution in [0.5, 0.6) is 5.75 Å². The first-order valence-corrected chi connectivity index (χ1v) is 7.83. The summed E-state index contributed by atoms with van der Waals surface area (Å²) in [4.78, 5) is 2.30. The zero-order valence-electron chi connectivity index (χ0n) is 13.6. The molecule has 0 aliphatic carbocycles. The van der Waals surface area contributed by atoms with Crippen molar-refractivity contribution in [2.45, 2.75) is 31.9 Å². The summed E-state index contributed by atoms with van der Waals surface area (Å²) in [7, 11) is 0. The van der Waals surface area contributed by atoms with Crippen molar-refractivity contribution in [2.75, 3.05) is 26.2 Å². The molecule has 1 aromatic carbocycles. The first-order chi connectivity index (χ1) is 11.3. The number of halogens is 4. The van der Waals surface area contributed by atoms with Gasteiger partial charge in [0, 0.05) is 32.2 Å². The van der Waals surface area contributed by atoms with Crippen molar-refractivity contribution < 1.29 is 22.3 Å². The van der Waals surface area contributed by atoms with E-state index >= 15 is 0 Å². The second-order valence-corrected chi connectivity index (χ2v) is 6.00. The van der Waals surface area contributed by atoms with E-state index in [1.54, 1.807) is 12.1 Å². The number of nitrogens with one attached hydrogen (secondary N) is 1. The van der Waals surface area contributed by atoms with Crippen molar-refractivity contribution >= 4 is 0 Å². The maximum atomic E-state index is 13.0. The number of rotatable bonds is 7. The fourth-order valence-corrected chi connectivity index (χ4v) is 2.74. The summed E-state index contributed by atoms with van der Waals surface area (Å²) in [6, 6.07) is 5.98. The molecular formula is C17H22F4N2O. The Morgan fingerprint density at radius 1 is 1.25 bits per heavy atom. The Hall–Kier alpha value is -1.60. The van der Waals surface area contributed by atoms with Crippen LogP contribution < -0.4 is 10.1 Å². The predicted octanol–water partition coefficient (Wildman–Crippen LogP) is 3.84. The Balaban J connectivity index is 2.14. The fraction of sp³-hybridized carbons (Fsp3) is 0.529. The van der Waals surface area contributed by atoms with Crippen LogP contribution in [0.4, 0.5) is 17.6 Å². The van der Waals surface area contributed by atoms with Gasteiger partial charge in [0.1, 0.15) is 5.75 Å². The van der Waals surface area contributed by atoms with Crippen LogP contribution in [0.1, 0.15) is 24.9 Å². The molecule has 1 aliphatic heterocycles. The van der Waals surface area contributed by atoms with Gasteiger partial charge < -0.3 is 10.1 Å². The van der Waals surface area contributed by atoms with Gasteiger partial charge in [-0.2, -0.15) is 17.6 Å². The lowest BCUT2D eigenvalue weighted by Crippen LogP contribution is -2.45. The van der Waals surface area contributed by atoms with Crippen LogP contribution in [0.2, 0.25) is 0 Å². The van der Waals surface area contributed by atoms with E-state index in [0.29, 0.717) is 0 Å². The molecule has 0 radical (unpaired) electrons. The number of benzene rings is 1. The lowest BCUT2D eigenvalue weighted by molar-refractivity contribution is -0.253. The van der Waals surface area contributed by atoms with E-state index in [-0.39, 0.29) is 11.8 Å². The summed E-state index contributed by atoms with van der Waals surface area (Å²) in [6.45, 7) is 9.41. The molecule has 1 N–H and O–H groups in total. The minimum Gasteiger partial charge on any atom is -0.428 e. The van der Waals surface area contributed by atoms with Gasteiger partial charge in [0.2, 0.25) is 0 Å². The van der Waals surface area contributed by atoms with E-state index in [1.807, 2.05) is 6.92 Å². The molecule has 2 rings (SSSR count). The number of piperazine rings is 1. The second kappa shape index (κ2) is 7.98. The van der Waals surface area contributed by atoms with Gasteiger partial charge >= 0.3 is 12.5 Å². The van der Waals surface area contributed by atoms with Crippen molar-refractivity contribution in [3.05, 3.63) is 42.0 Å². The molecule has 1 aromatic rings. The Labute approximate surface area is 139 Å². The molecule has 1 aliphatic rings. The van der Waals surface area contributed by atoms with Crippen LogP contribution in [-0.4, -0.2) is 43.6 Å². The lowest BCUT2D eigenvalue weighted by atomic mass is 9.98. The molecule has 1 atom stereocenters. The minimum absolute atomic E-state index is 0.0780. The summed E-state index contributed by atoms with van der Waals surface area (Å²) in [5.41, 5.74) is 1.94. The normalized spacial score (nSPS) is 17.8. The molecule has 134 valence electrons. The van der Waals surface area contributed by atoms with E-state index in [4.69, 9.17) is 0 Å². The maximum Gasteiger partial charge on any atom is 0.461 e. The van der Waals surface area contributed by atoms with Gasteiger partial charge in [0.05, 0.1) is 0 Å². The van der Waals surface area contributed by atoms with Crippen LogP contribution in [0, 0.1) is 0 Å². The first kappa shape index (κ1) is 18.7. The molecule has 1 saturated heterocycles. The van der Waals surface area contributed by atoms with Crippen LogP contribution in [-0.2, 0) is 0 Å². The molecule has 0 bridgehead atoms. The number of ether oxygens (including phenoxy) is 1. The smallest absolute Gasteiger partial charge is 0.428 e. The zero-order chi connectivity index (χ0) is 17.7. The lowest BCUT2D eigenvalue weighted by Gasteiger charge is -2.35. The number of hydrogen-bond acceptors (Lipinski definition) is 3. The van der Waals surface area contributed by atoms with Gasteiger partial charge in [0.15, 0.2) is 0 Å². The largest absolute Gasteiger partial charge is 0.461 e. The van der Waals surface area contributed by atoms with Crippen LogP contribution >= 0.6 is 0 Å². The number of nitrogens with zero attached hydrogens (tertiary/aromatic N) is 1. The highest BCUT2D eigenvalue weighted by Crippen LogP contribution is 2.31. The third-order valence-electron chi connectivity index (χ3n) is 3.91. The van der Waals surface area contributed by atoms with Gasteiger partial charge in [-0.3, -0.25) is 4.90 Å². The number of hydrogen-bond donors (Lipinski definition) is 1. The van der Waals surface area contributed by atoms with Gasteiger partial charge in [-0.05, 0) is 31.0 Å². The molecule has 0 aromatic heterocycles. The number of alkyl halides is 4. The highest BCUT2D eigenvalue weighted by Gasteiger charge is 2.43. The van der Waals surface area contributed by atoms with E-state index in [1.165, 1.54) is 12.1 Å². The molecule has 0 saturated carbocycles. The molecule has 7 heteroatoms. The summed E-state index contributed by atoms with van der Waals surface area (Å²) in [6.07, 6.45) is -7.61. The monoisotopic (exact) mass is 346 g/mol. The second-order valence-electron chi connectivity index (χ2n) is 6.00. The Kier molecular flexibility index (Phi) is 6.23. The summed E-state index contributed by atoms with van der Waals surface area (Å²) < 4.78 is 54.4. The molecule has 1 fully saturated rings. The van der Waals surface area contributed by atoms with Crippen LogP contribution in [0.15, 0.2) is 36.4 Å². The molecule has 1 heterocycles. The molecule has 24 heavy (non-hydrogen) atoms. The zero-order valence-corrected chi connectivity index (χ0v) is 13.6. The van der Waals surface area contributed by atoms with Gasteiger partial charge in [0.25, 0.3) is 0 Å². The van der Waals surface area contributed by atoms with Gasteiger partial charge in [-0.15, -0.1) is 6.58 Å². The highest BCUT2D eigenvalue weighted by atomic mass is 19.3.